The standard InChI is InChI=1S/C30H35F2N7O3/c1-16(2)42-20-12-22(31)27(23(32)13-20)25-7-6-19-14-35-29(39(19)37-25)36-26-15-34-9-8-21(26)18-10-17(3)28(24(33)11-18)38(4)30(40)41-5/h6-9,12-18,24,28H,10-11,33H2,1-5H3,(H,35,36)/t17-,18+,24?,28-/m0/s1. The molecule has 1 saturated carbocycles. The summed E-state index contributed by atoms with van der Waals surface area (Å²) in [6.45, 7) is 5.64. The second-order valence-corrected chi connectivity index (χ2v) is 11.0. The van der Waals surface area contributed by atoms with Crippen molar-refractivity contribution in [1.82, 2.24) is 24.5 Å². The lowest BCUT2D eigenvalue weighted by atomic mass is 9.73. The molecule has 3 N–H and O–H groups in total. The lowest BCUT2D eigenvalue weighted by Gasteiger charge is -2.43. The van der Waals surface area contributed by atoms with E-state index in [-0.39, 0.29) is 47.0 Å². The van der Waals surface area contributed by atoms with E-state index in [4.69, 9.17) is 15.2 Å². The Morgan fingerprint density at radius 2 is 1.90 bits per heavy atom. The number of nitrogens with two attached hydrogens (primary N) is 1. The van der Waals surface area contributed by atoms with E-state index in [1.165, 1.54) is 11.6 Å². The van der Waals surface area contributed by atoms with Gasteiger partial charge in [-0.15, -0.1) is 0 Å². The van der Waals surface area contributed by atoms with Gasteiger partial charge in [0.25, 0.3) is 0 Å². The number of rotatable bonds is 7. The molecule has 4 aromatic rings. The van der Waals surface area contributed by atoms with Crippen molar-refractivity contribution in [1.29, 1.82) is 0 Å². The molecule has 0 saturated heterocycles. The summed E-state index contributed by atoms with van der Waals surface area (Å²) < 4.78 is 41.9. The number of carbonyl (C=O) groups excluding carboxylic acids is 1. The van der Waals surface area contributed by atoms with Crippen LogP contribution >= 0.6 is 0 Å². The molecule has 4 atom stereocenters. The lowest BCUT2D eigenvalue weighted by Crippen LogP contribution is -2.55. The van der Waals surface area contributed by atoms with E-state index in [1.807, 2.05) is 6.07 Å². The van der Waals surface area contributed by atoms with Crippen LogP contribution in [0, 0.1) is 17.6 Å². The fraction of sp³-hybridized carbons (Fsp3) is 0.400. The zero-order valence-corrected chi connectivity index (χ0v) is 24.2. The molecular weight excluding hydrogens is 544 g/mol. The number of amides is 1. The van der Waals surface area contributed by atoms with E-state index in [0.717, 1.165) is 24.1 Å². The van der Waals surface area contributed by atoms with Crippen molar-refractivity contribution in [3.05, 3.63) is 66.1 Å². The largest absolute Gasteiger partial charge is 0.491 e. The van der Waals surface area contributed by atoms with Crippen molar-refractivity contribution in [3.63, 3.8) is 0 Å². The SMILES string of the molecule is COC(=O)N(C)[C@@H]1C(N)C[C@H](c2ccncc2Nc2ncc3ccc(-c4c(F)cc(OC(C)C)cc4F)nn23)C[C@@H]1C. The minimum Gasteiger partial charge on any atom is -0.491 e. The van der Waals surface area contributed by atoms with Crippen LogP contribution in [0.4, 0.5) is 25.2 Å². The number of nitrogens with one attached hydrogen (secondary N) is 1. The summed E-state index contributed by atoms with van der Waals surface area (Å²) in [7, 11) is 3.07. The van der Waals surface area contributed by atoms with Gasteiger partial charge in [-0.1, -0.05) is 6.92 Å². The number of carbonyl (C=O) groups is 1. The number of halogens is 2. The first-order chi connectivity index (χ1) is 20.1. The molecule has 0 spiro atoms. The zero-order chi connectivity index (χ0) is 30.1. The molecule has 42 heavy (non-hydrogen) atoms. The molecule has 1 fully saturated rings. The molecule has 0 bridgehead atoms. The van der Waals surface area contributed by atoms with E-state index in [2.05, 4.69) is 27.3 Å². The number of benzene rings is 1. The second kappa shape index (κ2) is 11.9. The van der Waals surface area contributed by atoms with Gasteiger partial charge in [0, 0.05) is 31.4 Å². The number of hydrogen-bond donors (Lipinski definition) is 2. The third-order valence-corrected chi connectivity index (χ3v) is 7.71. The summed E-state index contributed by atoms with van der Waals surface area (Å²) in [4.78, 5) is 22.5. The molecule has 3 aromatic heterocycles. The number of pyridine rings is 1. The molecule has 1 unspecified atom stereocenters. The fourth-order valence-electron chi connectivity index (χ4n) is 5.99. The quantitative estimate of drug-likeness (QED) is 0.294. The van der Waals surface area contributed by atoms with Gasteiger partial charge in [0.05, 0.1) is 54.1 Å². The summed E-state index contributed by atoms with van der Waals surface area (Å²) in [5.74, 6) is -0.881. The zero-order valence-electron chi connectivity index (χ0n) is 24.2. The Morgan fingerprint density at radius 3 is 2.57 bits per heavy atom. The third kappa shape index (κ3) is 5.71. The predicted octanol–water partition coefficient (Wildman–Crippen LogP) is 5.51. The molecule has 12 heteroatoms. The van der Waals surface area contributed by atoms with E-state index in [1.54, 1.807) is 56.5 Å². The molecule has 1 aliphatic rings. The van der Waals surface area contributed by atoms with Crippen LogP contribution in [0.15, 0.2) is 48.9 Å². The first-order valence-corrected chi connectivity index (χ1v) is 13.9. The number of ether oxygens (including phenoxy) is 2. The van der Waals surface area contributed by atoms with Gasteiger partial charge in [-0.25, -0.2) is 18.6 Å². The van der Waals surface area contributed by atoms with Crippen molar-refractivity contribution in [2.45, 2.75) is 57.7 Å². The van der Waals surface area contributed by atoms with Crippen LogP contribution in [0.1, 0.15) is 45.1 Å². The number of aromatic nitrogens is 4. The highest BCUT2D eigenvalue weighted by Crippen LogP contribution is 2.40. The molecule has 1 amide bonds. The highest BCUT2D eigenvalue weighted by Gasteiger charge is 2.39. The molecule has 222 valence electrons. The Hall–Kier alpha value is -4.32. The molecule has 1 aromatic carbocycles. The van der Waals surface area contributed by atoms with Crippen LogP contribution in [-0.2, 0) is 4.74 Å². The maximum Gasteiger partial charge on any atom is 0.409 e. The van der Waals surface area contributed by atoms with Gasteiger partial charge in [-0.05, 0) is 62.3 Å². The highest BCUT2D eigenvalue weighted by molar-refractivity contribution is 5.68. The van der Waals surface area contributed by atoms with Crippen LogP contribution in [0.2, 0.25) is 0 Å². The highest BCUT2D eigenvalue weighted by atomic mass is 19.1. The van der Waals surface area contributed by atoms with E-state index in [9.17, 15) is 4.79 Å². The van der Waals surface area contributed by atoms with Gasteiger partial charge < -0.3 is 25.4 Å². The van der Waals surface area contributed by atoms with E-state index >= 15 is 8.78 Å². The number of nitrogens with zero attached hydrogens (tertiary/aromatic N) is 5. The fourth-order valence-corrected chi connectivity index (χ4v) is 5.99. The van der Waals surface area contributed by atoms with Crippen molar-refractivity contribution in [2.75, 3.05) is 19.5 Å². The van der Waals surface area contributed by atoms with Crippen molar-refractivity contribution in [2.24, 2.45) is 11.7 Å². The normalized spacial score (nSPS) is 20.5. The molecule has 0 aliphatic heterocycles. The summed E-state index contributed by atoms with van der Waals surface area (Å²) in [5.41, 5.74) is 8.79. The molecule has 10 nitrogen and oxygen atoms in total. The van der Waals surface area contributed by atoms with Crippen molar-refractivity contribution >= 4 is 23.2 Å². The van der Waals surface area contributed by atoms with Crippen LogP contribution in [-0.4, -0.2) is 62.9 Å². The Morgan fingerprint density at radius 1 is 1.17 bits per heavy atom. The Bertz CT molecular complexity index is 1560. The Balaban J connectivity index is 1.43. The monoisotopic (exact) mass is 579 g/mol. The second-order valence-electron chi connectivity index (χ2n) is 11.0. The maximum absolute atomic E-state index is 15.0. The summed E-state index contributed by atoms with van der Waals surface area (Å²) in [5, 5.41) is 7.83. The van der Waals surface area contributed by atoms with Crippen LogP contribution in [0.3, 0.4) is 0 Å². The van der Waals surface area contributed by atoms with Gasteiger partial charge in [0.15, 0.2) is 0 Å². The van der Waals surface area contributed by atoms with Crippen LogP contribution in [0.5, 0.6) is 5.75 Å². The molecule has 5 rings (SSSR count). The third-order valence-electron chi connectivity index (χ3n) is 7.71. The average molecular weight is 580 g/mol. The topological polar surface area (TPSA) is 120 Å². The van der Waals surface area contributed by atoms with Gasteiger partial charge >= 0.3 is 6.09 Å². The number of anilines is 2. The lowest BCUT2D eigenvalue weighted by molar-refractivity contribution is 0.0778. The number of imidazole rings is 1. The average Bonchev–Trinajstić information content (AvgIpc) is 3.33. The smallest absolute Gasteiger partial charge is 0.409 e. The predicted molar refractivity (Wildman–Crippen MR) is 155 cm³/mol. The minimum atomic E-state index is -0.777. The van der Waals surface area contributed by atoms with E-state index < -0.39 is 17.7 Å². The van der Waals surface area contributed by atoms with Crippen molar-refractivity contribution < 1.29 is 23.0 Å². The summed E-state index contributed by atoms with van der Waals surface area (Å²) in [6.07, 6.45) is 5.85. The van der Waals surface area contributed by atoms with Gasteiger partial charge in [0.2, 0.25) is 5.95 Å². The van der Waals surface area contributed by atoms with E-state index in [0.29, 0.717) is 23.6 Å². The Labute approximate surface area is 242 Å². The first-order valence-electron chi connectivity index (χ1n) is 13.9. The minimum absolute atomic E-state index is 0.0901. The Kier molecular flexibility index (Phi) is 8.26. The van der Waals surface area contributed by atoms with Crippen LogP contribution in [0.25, 0.3) is 16.8 Å². The first kappa shape index (κ1) is 29.2. The van der Waals surface area contributed by atoms with Crippen molar-refractivity contribution in [3.8, 4) is 17.0 Å². The molecule has 3 heterocycles. The van der Waals surface area contributed by atoms with Gasteiger partial charge in [-0.2, -0.15) is 9.61 Å². The maximum atomic E-state index is 15.0. The number of methoxy groups -OCH3 is 1. The molecular formula is C30H35F2N7O3. The molecule has 0 radical (unpaired) electrons. The molecule has 1 aliphatic carbocycles. The number of hydrogen-bond acceptors (Lipinski definition) is 8. The van der Waals surface area contributed by atoms with Crippen LogP contribution < -0.4 is 15.8 Å². The summed E-state index contributed by atoms with van der Waals surface area (Å²) in [6, 6.07) is 7.08. The summed E-state index contributed by atoms with van der Waals surface area (Å²) >= 11 is 0. The van der Waals surface area contributed by atoms with Gasteiger partial charge in [0.1, 0.15) is 17.4 Å². The number of likely N-dealkylation sites (N-methyl/N-ethyl adjacent to an activating group) is 1. The number of fused-ring (bicyclic) bond motifs is 1. The van der Waals surface area contributed by atoms with Gasteiger partial charge in [-0.3, -0.25) is 4.98 Å².